The summed E-state index contributed by atoms with van der Waals surface area (Å²) in [5.74, 6) is -0.125. The Morgan fingerprint density at radius 3 is 2.41 bits per heavy atom. The fourth-order valence-electron chi connectivity index (χ4n) is 2.40. The van der Waals surface area contributed by atoms with Gasteiger partial charge < -0.3 is 5.32 Å². The van der Waals surface area contributed by atoms with E-state index in [0.717, 1.165) is 16.8 Å². The van der Waals surface area contributed by atoms with Crippen molar-refractivity contribution in [1.82, 2.24) is 5.32 Å². The number of benzene rings is 2. The van der Waals surface area contributed by atoms with Gasteiger partial charge in [0.05, 0.1) is 5.69 Å². The fraction of sp³-hybridized carbons (Fsp3) is 0.111. The Hall–Kier alpha value is -2.46. The van der Waals surface area contributed by atoms with E-state index in [4.69, 9.17) is 12.2 Å². The van der Waals surface area contributed by atoms with E-state index in [2.05, 4.69) is 5.32 Å². The van der Waals surface area contributed by atoms with E-state index in [0.29, 0.717) is 10.8 Å². The predicted octanol–water partition coefficient (Wildman–Crippen LogP) is 3.57. The number of carbonyl (C=O) groups excluding carboxylic acids is 1. The van der Waals surface area contributed by atoms with E-state index in [-0.39, 0.29) is 5.91 Å². The molecule has 2 aromatic carbocycles. The van der Waals surface area contributed by atoms with Crippen molar-refractivity contribution in [2.24, 2.45) is 0 Å². The van der Waals surface area contributed by atoms with E-state index in [1.54, 1.807) is 4.90 Å². The summed E-state index contributed by atoms with van der Waals surface area (Å²) in [7, 11) is 0. The number of hydrogen-bond donors (Lipinski definition) is 1. The monoisotopic (exact) mass is 308 g/mol. The Bertz CT molecular complexity index is 778. The maximum Gasteiger partial charge on any atom is 0.281 e. The van der Waals surface area contributed by atoms with Crippen molar-refractivity contribution in [3.63, 3.8) is 0 Å². The Kier molecular flexibility index (Phi) is 3.77. The summed E-state index contributed by atoms with van der Waals surface area (Å²) in [6, 6.07) is 15.7. The third kappa shape index (κ3) is 2.65. The number of para-hydroxylation sites is 1. The summed E-state index contributed by atoms with van der Waals surface area (Å²) in [6.45, 7) is 4.00. The van der Waals surface area contributed by atoms with Gasteiger partial charge in [0.1, 0.15) is 5.70 Å². The Labute approximate surface area is 135 Å². The van der Waals surface area contributed by atoms with Crippen LogP contribution in [-0.4, -0.2) is 11.0 Å². The fourth-order valence-corrected chi connectivity index (χ4v) is 2.69. The molecular weight excluding hydrogens is 292 g/mol. The SMILES string of the molecule is Cc1ccc(/C=C2/NC(=S)N(c3ccccc3C)C2=O)cc1. The lowest BCUT2D eigenvalue weighted by atomic mass is 10.1. The predicted molar refractivity (Wildman–Crippen MR) is 93.6 cm³/mol. The number of hydrogen-bond acceptors (Lipinski definition) is 2. The number of aryl methyl sites for hydroxylation is 2. The van der Waals surface area contributed by atoms with Crippen molar-refractivity contribution >= 4 is 35.0 Å². The molecule has 0 unspecified atom stereocenters. The smallest absolute Gasteiger partial charge is 0.281 e. The molecule has 1 fully saturated rings. The summed E-state index contributed by atoms with van der Waals surface area (Å²) in [5, 5.41) is 3.43. The molecule has 3 rings (SSSR count). The van der Waals surface area contributed by atoms with E-state index >= 15 is 0 Å². The van der Waals surface area contributed by atoms with Crippen LogP contribution in [0.15, 0.2) is 54.2 Å². The molecule has 1 heterocycles. The molecule has 2 aromatic rings. The summed E-state index contributed by atoms with van der Waals surface area (Å²) in [6.07, 6.45) is 1.83. The van der Waals surface area contributed by atoms with Crippen molar-refractivity contribution < 1.29 is 4.79 Å². The van der Waals surface area contributed by atoms with E-state index < -0.39 is 0 Å². The minimum Gasteiger partial charge on any atom is -0.327 e. The lowest BCUT2D eigenvalue weighted by molar-refractivity contribution is -0.113. The number of nitrogens with one attached hydrogen (secondary N) is 1. The molecule has 4 heteroatoms. The van der Waals surface area contributed by atoms with Gasteiger partial charge in [0.2, 0.25) is 0 Å². The van der Waals surface area contributed by atoms with Crippen LogP contribution in [0.1, 0.15) is 16.7 Å². The van der Waals surface area contributed by atoms with Crippen LogP contribution in [0.5, 0.6) is 0 Å². The molecule has 3 nitrogen and oxygen atoms in total. The molecule has 0 aromatic heterocycles. The van der Waals surface area contributed by atoms with Crippen molar-refractivity contribution in [2.75, 3.05) is 4.90 Å². The summed E-state index contributed by atoms with van der Waals surface area (Å²) >= 11 is 5.33. The molecule has 1 amide bonds. The molecule has 1 aliphatic heterocycles. The zero-order chi connectivity index (χ0) is 15.7. The zero-order valence-corrected chi connectivity index (χ0v) is 13.3. The first-order valence-electron chi connectivity index (χ1n) is 7.06. The van der Waals surface area contributed by atoms with Gasteiger partial charge >= 0.3 is 0 Å². The van der Waals surface area contributed by atoms with Crippen LogP contribution in [0.3, 0.4) is 0 Å². The van der Waals surface area contributed by atoms with Gasteiger partial charge in [-0.3, -0.25) is 9.69 Å². The van der Waals surface area contributed by atoms with Gasteiger partial charge in [0, 0.05) is 0 Å². The minimum absolute atomic E-state index is 0.125. The quantitative estimate of drug-likeness (QED) is 0.680. The Morgan fingerprint density at radius 2 is 1.73 bits per heavy atom. The van der Waals surface area contributed by atoms with Crippen molar-refractivity contribution in [2.45, 2.75) is 13.8 Å². The first kappa shape index (κ1) is 14.5. The topological polar surface area (TPSA) is 32.3 Å². The molecule has 0 radical (unpaired) electrons. The van der Waals surface area contributed by atoms with E-state index in [1.165, 1.54) is 5.56 Å². The molecule has 1 N–H and O–H groups in total. The minimum atomic E-state index is -0.125. The summed E-state index contributed by atoms with van der Waals surface area (Å²) in [4.78, 5) is 14.2. The molecule has 0 atom stereocenters. The number of amides is 1. The van der Waals surface area contributed by atoms with Gasteiger partial charge in [0.25, 0.3) is 5.91 Å². The lowest BCUT2D eigenvalue weighted by Gasteiger charge is -2.16. The van der Waals surface area contributed by atoms with Crippen molar-refractivity contribution in [1.29, 1.82) is 0 Å². The van der Waals surface area contributed by atoms with Crippen LogP contribution in [0.25, 0.3) is 6.08 Å². The highest BCUT2D eigenvalue weighted by molar-refractivity contribution is 7.80. The molecule has 1 aliphatic rings. The highest BCUT2D eigenvalue weighted by Crippen LogP contribution is 2.25. The average molecular weight is 308 g/mol. The third-order valence-corrected chi connectivity index (χ3v) is 3.91. The van der Waals surface area contributed by atoms with Gasteiger partial charge in [-0.1, -0.05) is 48.0 Å². The van der Waals surface area contributed by atoms with Crippen LogP contribution in [-0.2, 0) is 4.79 Å². The second-order valence-corrected chi connectivity index (χ2v) is 5.71. The first-order valence-corrected chi connectivity index (χ1v) is 7.46. The highest BCUT2D eigenvalue weighted by atomic mass is 32.1. The van der Waals surface area contributed by atoms with Crippen molar-refractivity contribution in [3.8, 4) is 0 Å². The molecular formula is C18H16N2OS. The van der Waals surface area contributed by atoms with Gasteiger partial charge in [-0.05, 0) is 49.3 Å². The molecule has 0 saturated carbocycles. The number of rotatable bonds is 2. The third-order valence-electron chi connectivity index (χ3n) is 3.62. The standard InChI is InChI=1S/C18H16N2OS/c1-12-7-9-14(10-8-12)11-15-17(21)20(18(22)19-15)16-6-4-3-5-13(16)2/h3-11H,1-2H3,(H,19,22)/b15-11+. The van der Waals surface area contributed by atoms with Crippen LogP contribution in [0.2, 0.25) is 0 Å². The van der Waals surface area contributed by atoms with E-state index in [1.807, 2.05) is 68.5 Å². The Balaban J connectivity index is 1.95. The molecule has 0 aliphatic carbocycles. The number of thiocarbonyl (C=S) groups is 1. The largest absolute Gasteiger partial charge is 0.327 e. The highest BCUT2D eigenvalue weighted by Gasteiger charge is 2.32. The molecule has 1 saturated heterocycles. The second kappa shape index (κ2) is 5.73. The first-order chi connectivity index (χ1) is 10.6. The summed E-state index contributed by atoms with van der Waals surface area (Å²) < 4.78 is 0. The van der Waals surface area contributed by atoms with Crippen LogP contribution < -0.4 is 10.2 Å². The van der Waals surface area contributed by atoms with Gasteiger partial charge in [-0.25, -0.2) is 0 Å². The van der Waals surface area contributed by atoms with Gasteiger partial charge in [0.15, 0.2) is 5.11 Å². The normalized spacial score (nSPS) is 16.3. The van der Waals surface area contributed by atoms with Gasteiger partial charge in [-0.2, -0.15) is 0 Å². The van der Waals surface area contributed by atoms with Crippen LogP contribution in [0, 0.1) is 13.8 Å². The Morgan fingerprint density at radius 1 is 1.05 bits per heavy atom. The number of carbonyl (C=O) groups is 1. The number of anilines is 1. The van der Waals surface area contributed by atoms with Crippen LogP contribution in [0.4, 0.5) is 5.69 Å². The summed E-state index contributed by atoms with van der Waals surface area (Å²) in [5.41, 5.74) is 4.48. The van der Waals surface area contributed by atoms with Crippen LogP contribution >= 0.6 is 12.2 Å². The second-order valence-electron chi connectivity index (χ2n) is 5.33. The van der Waals surface area contributed by atoms with Gasteiger partial charge in [-0.15, -0.1) is 0 Å². The molecule has 0 spiro atoms. The molecule has 22 heavy (non-hydrogen) atoms. The molecule has 110 valence electrons. The average Bonchev–Trinajstić information content (AvgIpc) is 2.77. The lowest BCUT2D eigenvalue weighted by Crippen LogP contribution is -2.30. The number of nitrogens with zero attached hydrogens (tertiary/aromatic N) is 1. The van der Waals surface area contributed by atoms with Crippen molar-refractivity contribution in [3.05, 3.63) is 70.9 Å². The maximum atomic E-state index is 12.6. The maximum absolute atomic E-state index is 12.6. The molecule has 0 bridgehead atoms. The van der Waals surface area contributed by atoms with E-state index in [9.17, 15) is 4.79 Å². The zero-order valence-electron chi connectivity index (χ0n) is 12.5.